The van der Waals surface area contributed by atoms with Crippen molar-refractivity contribution in [1.29, 1.82) is 0 Å². The Morgan fingerprint density at radius 2 is 1.69 bits per heavy atom. The maximum Gasteiger partial charge on any atom is 0.328 e. The smallest absolute Gasteiger partial charge is 0.328 e. The number of hydrogen-bond donors (Lipinski definition) is 2. The fourth-order valence-corrected chi connectivity index (χ4v) is 4.25. The van der Waals surface area contributed by atoms with Gasteiger partial charge in [-0.25, -0.2) is 14.0 Å². The first kappa shape index (κ1) is 23.2. The molecule has 0 bridgehead atoms. The van der Waals surface area contributed by atoms with E-state index >= 15 is 0 Å². The van der Waals surface area contributed by atoms with E-state index in [1.807, 2.05) is 12.1 Å². The minimum absolute atomic E-state index is 0.167. The number of nitrogens with zero attached hydrogens (tertiary/aromatic N) is 2. The van der Waals surface area contributed by atoms with Crippen LogP contribution >= 0.6 is 0 Å². The van der Waals surface area contributed by atoms with E-state index in [4.69, 9.17) is 10.2 Å². The molecule has 0 radical (unpaired) electrons. The summed E-state index contributed by atoms with van der Waals surface area (Å²) in [4.78, 5) is 21.6. The van der Waals surface area contributed by atoms with Gasteiger partial charge in [0.25, 0.3) is 0 Å². The van der Waals surface area contributed by atoms with E-state index in [0.717, 1.165) is 26.1 Å². The molecule has 2 heterocycles. The Balaban J connectivity index is 0.000000312. The second-order valence-corrected chi connectivity index (χ2v) is 8.06. The highest BCUT2D eigenvalue weighted by Gasteiger charge is 2.23. The number of aliphatic carboxylic acids is 2. The summed E-state index contributed by atoms with van der Waals surface area (Å²) < 4.78 is 15.4. The van der Waals surface area contributed by atoms with E-state index < -0.39 is 11.9 Å². The van der Waals surface area contributed by atoms with Crippen LogP contribution in [0.25, 0.3) is 10.9 Å². The lowest BCUT2D eigenvalue weighted by Crippen LogP contribution is -2.30. The number of carboxylic acids is 2. The first-order valence-electron chi connectivity index (χ1n) is 10.3. The molecule has 6 nitrogen and oxygen atoms in total. The third-order valence-electron chi connectivity index (χ3n) is 5.61. The number of benzene rings is 2. The zero-order valence-corrected chi connectivity index (χ0v) is 18.4. The molecule has 32 heavy (non-hydrogen) atoms. The van der Waals surface area contributed by atoms with Crippen LogP contribution in [-0.4, -0.2) is 38.2 Å². The molecule has 0 aliphatic carbocycles. The van der Waals surface area contributed by atoms with E-state index in [2.05, 4.69) is 42.5 Å². The van der Waals surface area contributed by atoms with Gasteiger partial charge in [0.05, 0.1) is 0 Å². The summed E-state index contributed by atoms with van der Waals surface area (Å²) in [5.74, 6) is -2.68. The van der Waals surface area contributed by atoms with Gasteiger partial charge < -0.3 is 14.8 Å². The lowest BCUT2D eigenvalue weighted by atomic mass is 9.98. The highest BCUT2D eigenvalue weighted by atomic mass is 19.1. The summed E-state index contributed by atoms with van der Waals surface area (Å²) in [6, 6.07) is 11.5. The van der Waals surface area contributed by atoms with Crippen molar-refractivity contribution >= 4 is 22.8 Å². The van der Waals surface area contributed by atoms with Gasteiger partial charge in [-0.15, -0.1) is 0 Å². The van der Waals surface area contributed by atoms with Gasteiger partial charge in [0.2, 0.25) is 0 Å². The number of halogens is 1. The van der Waals surface area contributed by atoms with Gasteiger partial charge in [-0.1, -0.05) is 18.2 Å². The van der Waals surface area contributed by atoms with Crippen molar-refractivity contribution < 1.29 is 24.2 Å². The molecule has 0 amide bonds. The number of carboxylic acid groups (broad SMARTS) is 2. The molecule has 0 saturated carbocycles. The zero-order valence-electron chi connectivity index (χ0n) is 18.4. The summed E-state index contributed by atoms with van der Waals surface area (Å²) in [7, 11) is 2.18. The molecule has 0 atom stereocenters. The van der Waals surface area contributed by atoms with Gasteiger partial charge in [-0.3, -0.25) is 4.90 Å². The summed E-state index contributed by atoms with van der Waals surface area (Å²) >= 11 is 0. The van der Waals surface area contributed by atoms with Gasteiger partial charge >= 0.3 is 11.9 Å². The number of aromatic nitrogens is 1. The highest BCUT2D eigenvalue weighted by molar-refractivity contribution is 5.90. The van der Waals surface area contributed by atoms with Gasteiger partial charge in [0.15, 0.2) is 0 Å². The highest BCUT2D eigenvalue weighted by Crippen LogP contribution is 2.33. The number of aryl methyl sites for hydroxylation is 3. The quantitative estimate of drug-likeness (QED) is 0.597. The summed E-state index contributed by atoms with van der Waals surface area (Å²) in [5.41, 5.74) is 8.16. The van der Waals surface area contributed by atoms with E-state index in [1.54, 1.807) is 12.1 Å². The molecule has 2 aromatic carbocycles. The number of fused-ring (bicyclic) bond motifs is 3. The molecular formula is C25H27FN2O4. The van der Waals surface area contributed by atoms with Crippen LogP contribution < -0.4 is 0 Å². The average molecular weight is 438 g/mol. The van der Waals surface area contributed by atoms with E-state index in [-0.39, 0.29) is 5.82 Å². The maximum absolute atomic E-state index is 13.1. The maximum atomic E-state index is 13.1. The van der Waals surface area contributed by atoms with Crippen molar-refractivity contribution in [3.05, 3.63) is 82.3 Å². The third kappa shape index (κ3) is 5.42. The molecule has 1 aliphatic rings. The molecule has 0 spiro atoms. The van der Waals surface area contributed by atoms with Crippen LogP contribution in [-0.2, 0) is 36.1 Å². The van der Waals surface area contributed by atoms with Crippen LogP contribution in [0.1, 0.15) is 27.9 Å². The third-order valence-corrected chi connectivity index (χ3v) is 5.61. The van der Waals surface area contributed by atoms with Gasteiger partial charge in [-0.2, -0.15) is 0 Å². The number of rotatable bonds is 4. The van der Waals surface area contributed by atoms with Crippen LogP contribution in [0.4, 0.5) is 4.39 Å². The van der Waals surface area contributed by atoms with Crippen molar-refractivity contribution in [2.24, 2.45) is 7.05 Å². The Morgan fingerprint density at radius 1 is 1.06 bits per heavy atom. The number of hydrogen-bond acceptors (Lipinski definition) is 3. The Hall–Kier alpha value is -3.45. The first-order valence-corrected chi connectivity index (χ1v) is 10.3. The lowest BCUT2D eigenvalue weighted by Gasteiger charge is -2.28. The van der Waals surface area contributed by atoms with Gasteiger partial charge in [0.1, 0.15) is 5.82 Å². The predicted molar refractivity (Wildman–Crippen MR) is 121 cm³/mol. The average Bonchev–Trinajstić information content (AvgIpc) is 3.01. The van der Waals surface area contributed by atoms with Gasteiger partial charge in [0, 0.05) is 55.4 Å². The Bertz CT molecular complexity index is 1160. The summed E-state index contributed by atoms with van der Waals surface area (Å²) in [6.07, 6.45) is 2.20. The molecule has 1 aliphatic heterocycles. The molecule has 0 saturated heterocycles. The lowest BCUT2D eigenvalue weighted by molar-refractivity contribution is -0.134. The monoisotopic (exact) mass is 438 g/mol. The first-order chi connectivity index (χ1) is 15.2. The molecule has 7 heteroatoms. The molecule has 4 rings (SSSR count). The molecule has 2 N–H and O–H groups in total. The van der Waals surface area contributed by atoms with Crippen LogP contribution in [0, 0.1) is 19.7 Å². The second-order valence-electron chi connectivity index (χ2n) is 8.06. The summed E-state index contributed by atoms with van der Waals surface area (Å²) in [6.45, 7) is 7.27. The van der Waals surface area contributed by atoms with Crippen molar-refractivity contribution in [3.63, 3.8) is 0 Å². The topological polar surface area (TPSA) is 82.8 Å². The molecule has 0 unspecified atom stereocenters. The Morgan fingerprint density at radius 3 is 2.28 bits per heavy atom. The zero-order chi connectivity index (χ0) is 23.4. The van der Waals surface area contributed by atoms with Crippen molar-refractivity contribution in [3.8, 4) is 0 Å². The SMILES string of the molecule is Cc1cc(C)c2c3c(n(C)c2c1)CN(Cc1ccc(F)cc1)CC3.O=C(O)/C=C\C(=O)O. The fraction of sp³-hybridized carbons (Fsp3) is 0.280. The standard InChI is InChI=1S/C21H23FN2.C4H4O4/c1-14-10-15(2)21-18-8-9-24(12-16-4-6-17(22)7-5-16)13-20(18)23(3)19(21)11-14;5-3(6)1-2-4(7)8/h4-7,10-11H,8-9,12-13H2,1-3H3;1-2H,(H,5,6)(H,7,8)/b;2-1-. The molecular weight excluding hydrogens is 411 g/mol. The largest absolute Gasteiger partial charge is 0.478 e. The van der Waals surface area contributed by atoms with Crippen molar-refractivity contribution in [2.45, 2.75) is 33.4 Å². The number of carbonyl (C=O) groups is 2. The predicted octanol–water partition coefficient (Wildman–Crippen LogP) is 4.20. The Kier molecular flexibility index (Phi) is 7.10. The van der Waals surface area contributed by atoms with Crippen LogP contribution in [0.15, 0.2) is 48.6 Å². The van der Waals surface area contributed by atoms with Crippen LogP contribution in [0.2, 0.25) is 0 Å². The van der Waals surface area contributed by atoms with E-state index in [9.17, 15) is 14.0 Å². The van der Waals surface area contributed by atoms with E-state index in [1.165, 1.54) is 38.9 Å². The fourth-order valence-electron chi connectivity index (χ4n) is 4.25. The molecule has 1 aromatic heterocycles. The van der Waals surface area contributed by atoms with Gasteiger partial charge in [-0.05, 0) is 60.7 Å². The Labute approximate surface area is 186 Å². The molecule has 0 fully saturated rings. The van der Waals surface area contributed by atoms with E-state index in [0.29, 0.717) is 12.2 Å². The van der Waals surface area contributed by atoms with Crippen molar-refractivity contribution in [1.82, 2.24) is 9.47 Å². The minimum Gasteiger partial charge on any atom is -0.478 e. The summed E-state index contributed by atoms with van der Waals surface area (Å²) in [5, 5.41) is 17.1. The molecule has 3 aromatic rings. The van der Waals surface area contributed by atoms with Crippen LogP contribution in [0.5, 0.6) is 0 Å². The molecule has 168 valence electrons. The second kappa shape index (κ2) is 9.78. The normalized spacial score (nSPS) is 13.6. The van der Waals surface area contributed by atoms with Crippen molar-refractivity contribution in [2.75, 3.05) is 6.54 Å². The van der Waals surface area contributed by atoms with Crippen LogP contribution in [0.3, 0.4) is 0 Å². The minimum atomic E-state index is -1.26.